The number of phenols is 1. The first kappa shape index (κ1) is 19.9. The number of hydrogen-bond donors (Lipinski definition) is 2. The summed E-state index contributed by atoms with van der Waals surface area (Å²) < 4.78 is 40.6. The maximum Gasteiger partial charge on any atom is 0.326 e. The van der Waals surface area contributed by atoms with Crippen LogP contribution < -0.4 is 9.03 Å². The molecule has 2 aliphatic rings. The first-order valence-electron chi connectivity index (χ1n) is 9.22. The average Bonchev–Trinajstić information content (AvgIpc) is 3.07. The van der Waals surface area contributed by atoms with E-state index in [1.165, 1.54) is 25.0 Å². The number of carbonyl (C=O) groups is 1. The van der Waals surface area contributed by atoms with Crippen molar-refractivity contribution in [3.63, 3.8) is 0 Å². The predicted molar refractivity (Wildman–Crippen MR) is 100 cm³/mol. The van der Waals surface area contributed by atoms with E-state index < -0.39 is 39.9 Å². The summed E-state index contributed by atoms with van der Waals surface area (Å²) in [7, 11) is -4.16. The summed E-state index contributed by atoms with van der Waals surface area (Å²) in [6, 6.07) is 2.60. The Hall–Kier alpha value is -1.87. The quantitative estimate of drug-likeness (QED) is 0.759. The number of nitrogens with zero attached hydrogens (tertiary/aromatic N) is 2. The summed E-state index contributed by atoms with van der Waals surface area (Å²) in [6.07, 6.45) is 2.94. The lowest BCUT2D eigenvalue weighted by molar-refractivity contribution is -0.117. The molecule has 2 N–H and O–H groups in total. The number of carbonyl (C=O) groups excluding carboxylic acids is 1. The molecule has 3 rings (SSSR count). The lowest BCUT2D eigenvalue weighted by atomic mass is 9.97. The molecule has 27 heavy (non-hydrogen) atoms. The van der Waals surface area contributed by atoms with Crippen LogP contribution in [0.5, 0.6) is 5.75 Å². The molecule has 2 fully saturated rings. The Labute approximate surface area is 159 Å². The van der Waals surface area contributed by atoms with Crippen LogP contribution >= 0.6 is 0 Å². The molecule has 2 aliphatic heterocycles. The van der Waals surface area contributed by atoms with E-state index in [2.05, 4.69) is 18.7 Å². The lowest BCUT2D eigenvalue weighted by Crippen LogP contribution is -2.30. The Morgan fingerprint density at radius 1 is 1.37 bits per heavy atom. The Bertz CT molecular complexity index is 805. The van der Waals surface area contributed by atoms with Crippen LogP contribution in [0.2, 0.25) is 0 Å². The smallest absolute Gasteiger partial charge is 0.326 e. The number of anilines is 1. The molecule has 0 aromatic heterocycles. The van der Waals surface area contributed by atoms with Crippen molar-refractivity contribution in [2.45, 2.75) is 33.1 Å². The van der Waals surface area contributed by atoms with Crippen LogP contribution in [0.15, 0.2) is 12.1 Å². The van der Waals surface area contributed by atoms with Crippen molar-refractivity contribution in [3.8, 4) is 5.75 Å². The fraction of sp³-hybridized carbons (Fsp3) is 0.611. The monoisotopic (exact) mass is 399 g/mol. The van der Waals surface area contributed by atoms with Gasteiger partial charge in [0.05, 0.1) is 0 Å². The molecule has 150 valence electrons. The zero-order valence-electron chi connectivity index (χ0n) is 15.6. The number of aromatic hydroxyl groups is 1. The van der Waals surface area contributed by atoms with Gasteiger partial charge in [-0.25, -0.2) is 13.4 Å². The highest BCUT2D eigenvalue weighted by molar-refractivity contribution is 7.92. The average molecular weight is 399 g/mol. The molecular formula is C18H26FN3O4S. The number of rotatable bonds is 6. The van der Waals surface area contributed by atoms with Gasteiger partial charge in [-0.2, -0.15) is 8.42 Å². The summed E-state index contributed by atoms with van der Waals surface area (Å²) in [4.78, 5) is 13.7. The van der Waals surface area contributed by atoms with E-state index in [9.17, 15) is 22.7 Å². The largest absolute Gasteiger partial charge is 0.506 e. The minimum atomic E-state index is -4.16. The van der Waals surface area contributed by atoms with Crippen LogP contribution in [0.1, 0.15) is 32.3 Å². The standard InChI is InChI=1S/C18H26FN3O4S/c1-12(2)7-14-4-6-21(10-14)5-3-13-8-15(19)18(16(23)9-13)22-11-17(24)20-27(22,25)26/h8-9,12,14,23H,3-7,10-11H2,1-2H3,(H,20,24)/t14-/m1/s1. The molecule has 7 nitrogen and oxygen atoms in total. The molecular weight excluding hydrogens is 373 g/mol. The first-order valence-corrected chi connectivity index (χ1v) is 10.7. The van der Waals surface area contributed by atoms with Crippen molar-refractivity contribution in [2.75, 3.05) is 30.5 Å². The second-order valence-corrected chi connectivity index (χ2v) is 9.41. The van der Waals surface area contributed by atoms with Gasteiger partial charge in [-0.05, 0) is 55.3 Å². The molecule has 0 unspecified atom stereocenters. The van der Waals surface area contributed by atoms with Gasteiger partial charge in [0, 0.05) is 13.1 Å². The normalized spacial score (nSPS) is 22.6. The zero-order chi connectivity index (χ0) is 19.8. The molecule has 1 amide bonds. The van der Waals surface area contributed by atoms with Crippen molar-refractivity contribution < 1.29 is 22.7 Å². The number of likely N-dealkylation sites (tertiary alicyclic amines) is 1. The Morgan fingerprint density at radius 2 is 2.11 bits per heavy atom. The summed E-state index contributed by atoms with van der Waals surface area (Å²) in [5, 5.41) is 10.2. The second-order valence-electron chi connectivity index (χ2n) is 7.82. The molecule has 9 heteroatoms. The van der Waals surface area contributed by atoms with E-state index >= 15 is 0 Å². The maximum atomic E-state index is 14.5. The highest BCUT2D eigenvalue weighted by Crippen LogP contribution is 2.34. The van der Waals surface area contributed by atoms with Crippen LogP contribution in [0, 0.1) is 17.7 Å². The van der Waals surface area contributed by atoms with Crippen LogP contribution in [0.25, 0.3) is 0 Å². The van der Waals surface area contributed by atoms with Crippen molar-refractivity contribution >= 4 is 21.8 Å². The summed E-state index contributed by atoms with van der Waals surface area (Å²) in [5.41, 5.74) is 0.104. The van der Waals surface area contributed by atoms with Gasteiger partial charge in [0.25, 0.3) is 5.91 Å². The molecule has 2 saturated heterocycles. The van der Waals surface area contributed by atoms with Gasteiger partial charge in [0.1, 0.15) is 18.0 Å². The van der Waals surface area contributed by atoms with Gasteiger partial charge in [0.2, 0.25) is 0 Å². The predicted octanol–water partition coefficient (Wildman–Crippen LogP) is 1.62. The second kappa shape index (κ2) is 7.63. The van der Waals surface area contributed by atoms with Gasteiger partial charge in [-0.3, -0.25) is 4.79 Å². The van der Waals surface area contributed by atoms with Gasteiger partial charge in [-0.1, -0.05) is 13.8 Å². The molecule has 0 bridgehead atoms. The number of benzene rings is 1. The third-order valence-electron chi connectivity index (χ3n) is 5.06. The summed E-state index contributed by atoms with van der Waals surface area (Å²) in [6.45, 7) is 6.71. The van der Waals surface area contributed by atoms with Gasteiger partial charge in [0.15, 0.2) is 5.82 Å². The first-order chi connectivity index (χ1) is 12.7. The van der Waals surface area contributed by atoms with Crippen LogP contribution in [0.3, 0.4) is 0 Å². The van der Waals surface area contributed by atoms with Gasteiger partial charge >= 0.3 is 10.2 Å². The van der Waals surface area contributed by atoms with Crippen molar-refractivity contribution in [2.24, 2.45) is 11.8 Å². The Kier molecular flexibility index (Phi) is 5.62. The zero-order valence-corrected chi connectivity index (χ0v) is 16.4. The van der Waals surface area contributed by atoms with E-state index in [1.54, 1.807) is 4.72 Å². The molecule has 1 aromatic rings. The van der Waals surface area contributed by atoms with Gasteiger partial charge in [-0.15, -0.1) is 0 Å². The minimum absolute atomic E-state index is 0.482. The number of hydrogen-bond acceptors (Lipinski definition) is 5. The van der Waals surface area contributed by atoms with Crippen molar-refractivity contribution in [3.05, 3.63) is 23.5 Å². The number of halogens is 1. The van der Waals surface area contributed by atoms with Crippen molar-refractivity contribution in [1.82, 2.24) is 9.62 Å². The van der Waals surface area contributed by atoms with Gasteiger partial charge < -0.3 is 10.0 Å². The van der Waals surface area contributed by atoms with E-state index in [4.69, 9.17) is 0 Å². The fourth-order valence-electron chi connectivity index (χ4n) is 3.94. The Morgan fingerprint density at radius 3 is 2.70 bits per heavy atom. The SMILES string of the molecule is CC(C)C[C@H]1CCN(CCc2cc(O)c(N3CC(=O)NS3(=O)=O)c(F)c2)C1. The summed E-state index contributed by atoms with van der Waals surface area (Å²) in [5.74, 6) is -0.726. The number of amides is 1. The topological polar surface area (TPSA) is 89.9 Å². The fourth-order valence-corrected chi connectivity index (χ4v) is 5.11. The third kappa shape index (κ3) is 4.52. The van der Waals surface area contributed by atoms with E-state index in [0.717, 1.165) is 19.6 Å². The highest BCUT2D eigenvalue weighted by Gasteiger charge is 2.37. The van der Waals surface area contributed by atoms with Crippen LogP contribution in [-0.4, -0.2) is 50.5 Å². The van der Waals surface area contributed by atoms with E-state index in [0.29, 0.717) is 28.1 Å². The molecule has 0 spiro atoms. The highest BCUT2D eigenvalue weighted by atomic mass is 32.2. The molecule has 1 aromatic carbocycles. The maximum absolute atomic E-state index is 14.5. The Balaban J connectivity index is 1.66. The van der Waals surface area contributed by atoms with Crippen LogP contribution in [-0.2, 0) is 21.4 Å². The molecule has 0 aliphatic carbocycles. The molecule has 1 atom stereocenters. The summed E-state index contributed by atoms with van der Waals surface area (Å²) >= 11 is 0. The third-order valence-corrected chi connectivity index (χ3v) is 6.44. The van der Waals surface area contributed by atoms with Crippen LogP contribution in [0.4, 0.5) is 10.1 Å². The van der Waals surface area contributed by atoms with Crippen molar-refractivity contribution in [1.29, 1.82) is 0 Å². The van der Waals surface area contributed by atoms with E-state index in [-0.39, 0.29) is 0 Å². The molecule has 0 radical (unpaired) electrons. The number of nitrogens with one attached hydrogen (secondary N) is 1. The molecule has 2 heterocycles. The lowest BCUT2D eigenvalue weighted by Gasteiger charge is -2.19. The molecule has 0 saturated carbocycles. The minimum Gasteiger partial charge on any atom is -0.506 e. The number of phenolic OH excluding ortho intramolecular Hbond substituents is 1. The van der Waals surface area contributed by atoms with E-state index in [1.807, 2.05) is 0 Å².